The van der Waals surface area contributed by atoms with E-state index in [-0.39, 0.29) is 6.42 Å². The predicted molar refractivity (Wildman–Crippen MR) is 36.6 cm³/mol. The van der Waals surface area contributed by atoms with Crippen molar-refractivity contribution in [1.82, 2.24) is 0 Å². The summed E-state index contributed by atoms with van der Waals surface area (Å²) in [6.07, 6.45) is 1.05. The monoisotopic (exact) mass is 166 g/mol. The van der Waals surface area contributed by atoms with Gasteiger partial charge in [-0.25, -0.2) is 8.42 Å². The number of hydrogen-bond donors (Lipinski definition) is 1. The van der Waals surface area contributed by atoms with Crippen LogP contribution in [-0.4, -0.2) is 31.0 Å². The van der Waals surface area contributed by atoms with Gasteiger partial charge in [-0.1, -0.05) is 6.92 Å². The van der Waals surface area contributed by atoms with Gasteiger partial charge in [-0.15, -0.1) is 0 Å². The van der Waals surface area contributed by atoms with E-state index in [1.54, 1.807) is 0 Å². The zero-order chi connectivity index (χ0) is 8.36. The van der Waals surface area contributed by atoms with E-state index >= 15 is 0 Å². The van der Waals surface area contributed by atoms with Crippen LogP contribution >= 0.6 is 0 Å². The minimum Gasteiger partial charge on any atom is -0.480 e. The molecule has 1 atom stereocenters. The molecule has 60 valence electrons. The van der Waals surface area contributed by atoms with Crippen LogP contribution in [0.25, 0.3) is 0 Å². The molecule has 5 heteroatoms. The normalized spacial score (nSPS) is 14.6. The second kappa shape index (κ2) is 3.01. The number of carboxylic acids is 1. The molecule has 0 saturated heterocycles. The first-order valence-electron chi connectivity index (χ1n) is 2.81. The van der Waals surface area contributed by atoms with Crippen molar-refractivity contribution in [3.8, 4) is 0 Å². The smallest absolute Gasteiger partial charge is 0.321 e. The fourth-order valence-electron chi connectivity index (χ4n) is 0.661. The lowest BCUT2D eigenvalue weighted by molar-refractivity contribution is -0.136. The quantitative estimate of drug-likeness (QED) is 0.635. The van der Waals surface area contributed by atoms with Crippen LogP contribution in [0.4, 0.5) is 0 Å². The highest BCUT2D eigenvalue weighted by Gasteiger charge is 2.25. The second-order valence-corrected chi connectivity index (χ2v) is 4.29. The van der Waals surface area contributed by atoms with Crippen molar-refractivity contribution in [2.75, 3.05) is 6.26 Å². The Balaban J connectivity index is 4.55. The zero-order valence-corrected chi connectivity index (χ0v) is 6.68. The summed E-state index contributed by atoms with van der Waals surface area (Å²) in [6.45, 7) is 1.53. The molecule has 0 rings (SSSR count). The lowest BCUT2D eigenvalue weighted by atomic mass is 10.3. The molecule has 0 aliphatic heterocycles. The maximum Gasteiger partial charge on any atom is 0.321 e. The molecule has 1 unspecified atom stereocenters. The molecule has 0 aliphatic rings. The molecule has 0 spiro atoms. The van der Waals surface area contributed by atoms with Gasteiger partial charge in [0.1, 0.15) is 0 Å². The molecule has 0 aliphatic carbocycles. The molecule has 0 fully saturated rings. The van der Waals surface area contributed by atoms with Gasteiger partial charge in [-0.2, -0.15) is 0 Å². The second-order valence-electron chi connectivity index (χ2n) is 2.06. The third-order valence-corrected chi connectivity index (χ3v) is 2.73. The van der Waals surface area contributed by atoms with Crippen LogP contribution in [0.15, 0.2) is 0 Å². The van der Waals surface area contributed by atoms with Gasteiger partial charge in [-0.05, 0) is 6.42 Å². The Morgan fingerprint density at radius 2 is 2.00 bits per heavy atom. The molecular formula is C5H10O4S. The molecule has 10 heavy (non-hydrogen) atoms. The van der Waals surface area contributed by atoms with E-state index in [4.69, 9.17) is 5.11 Å². The molecule has 0 bridgehead atoms. The molecule has 0 radical (unpaired) electrons. The minimum absolute atomic E-state index is 0.119. The van der Waals surface area contributed by atoms with Crippen molar-refractivity contribution in [2.45, 2.75) is 18.6 Å². The highest BCUT2D eigenvalue weighted by molar-refractivity contribution is 7.92. The summed E-state index contributed by atoms with van der Waals surface area (Å²) in [4.78, 5) is 10.2. The summed E-state index contributed by atoms with van der Waals surface area (Å²) in [5, 5.41) is 7.09. The van der Waals surface area contributed by atoms with E-state index in [0.717, 1.165) is 6.26 Å². The Labute approximate surface area is 59.8 Å². The molecule has 1 N–H and O–H groups in total. The number of sulfone groups is 1. The molecular weight excluding hydrogens is 156 g/mol. The first kappa shape index (κ1) is 9.42. The van der Waals surface area contributed by atoms with Crippen LogP contribution in [0.1, 0.15) is 13.3 Å². The SMILES string of the molecule is CCC(C(=O)O)S(C)(=O)=O. The van der Waals surface area contributed by atoms with Crippen LogP contribution in [0.3, 0.4) is 0 Å². The van der Waals surface area contributed by atoms with Crippen molar-refractivity contribution in [3.63, 3.8) is 0 Å². The van der Waals surface area contributed by atoms with Crippen molar-refractivity contribution in [2.24, 2.45) is 0 Å². The molecule has 0 aromatic carbocycles. The summed E-state index contributed by atoms with van der Waals surface area (Å²) in [7, 11) is -3.41. The van der Waals surface area contributed by atoms with Crippen molar-refractivity contribution >= 4 is 15.8 Å². The van der Waals surface area contributed by atoms with Gasteiger partial charge in [0, 0.05) is 6.26 Å². The molecule has 0 heterocycles. The van der Waals surface area contributed by atoms with Crippen molar-refractivity contribution < 1.29 is 18.3 Å². The van der Waals surface area contributed by atoms with Crippen molar-refractivity contribution in [3.05, 3.63) is 0 Å². The van der Waals surface area contributed by atoms with Crippen LogP contribution < -0.4 is 0 Å². The van der Waals surface area contributed by atoms with E-state index in [9.17, 15) is 13.2 Å². The van der Waals surface area contributed by atoms with Gasteiger partial charge < -0.3 is 5.11 Å². The van der Waals surface area contributed by atoms with E-state index in [0.29, 0.717) is 0 Å². The molecule has 4 nitrogen and oxygen atoms in total. The summed E-state index contributed by atoms with van der Waals surface area (Å²) in [5.41, 5.74) is 0. The zero-order valence-electron chi connectivity index (χ0n) is 5.86. The van der Waals surface area contributed by atoms with Gasteiger partial charge in [0.25, 0.3) is 0 Å². The van der Waals surface area contributed by atoms with Gasteiger partial charge in [0.2, 0.25) is 0 Å². The topological polar surface area (TPSA) is 71.4 Å². The van der Waals surface area contributed by atoms with Gasteiger partial charge in [0.15, 0.2) is 15.1 Å². The number of carboxylic acid groups (broad SMARTS) is 1. The Bertz CT molecular complexity index is 216. The van der Waals surface area contributed by atoms with E-state index in [1.165, 1.54) is 6.92 Å². The number of aliphatic carboxylic acids is 1. The fraction of sp³-hybridized carbons (Fsp3) is 0.800. The van der Waals surface area contributed by atoms with Crippen molar-refractivity contribution in [1.29, 1.82) is 0 Å². The highest BCUT2D eigenvalue weighted by atomic mass is 32.2. The molecule has 0 aromatic heterocycles. The molecule has 0 saturated carbocycles. The Kier molecular flexibility index (Phi) is 2.83. The Morgan fingerprint density at radius 3 is 2.00 bits per heavy atom. The van der Waals surface area contributed by atoms with Gasteiger partial charge in [-0.3, -0.25) is 4.79 Å². The van der Waals surface area contributed by atoms with Crippen LogP contribution in [0.5, 0.6) is 0 Å². The van der Waals surface area contributed by atoms with Crippen LogP contribution in [0, 0.1) is 0 Å². The third-order valence-electron chi connectivity index (χ3n) is 1.16. The standard InChI is InChI=1S/C5H10O4S/c1-3-4(5(6)7)10(2,8)9/h4H,3H2,1-2H3,(H,6,7). The predicted octanol–water partition coefficient (Wildman–Crippen LogP) is -0.106. The summed E-state index contributed by atoms with van der Waals surface area (Å²) < 4.78 is 21.2. The average Bonchev–Trinajstić information content (AvgIpc) is 1.60. The molecule has 0 amide bonds. The van der Waals surface area contributed by atoms with Gasteiger partial charge >= 0.3 is 5.97 Å². The first-order valence-corrected chi connectivity index (χ1v) is 4.76. The number of hydrogen-bond acceptors (Lipinski definition) is 3. The maximum absolute atomic E-state index is 10.6. The van der Waals surface area contributed by atoms with Crippen LogP contribution in [-0.2, 0) is 14.6 Å². The highest BCUT2D eigenvalue weighted by Crippen LogP contribution is 2.03. The Morgan fingerprint density at radius 1 is 1.60 bits per heavy atom. The Hall–Kier alpha value is -0.580. The summed E-state index contributed by atoms with van der Waals surface area (Å²) in [5.74, 6) is -1.27. The molecule has 0 aromatic rings. The number of carbonyl (C=O) groups is 1. The maximum atomic E-state index is 10.6. The minimum atomic E-state index is -3.41. The van der Waals surface area contributed by atoms with E-state index in [1.807, 2.05) is 0 Å². The largest absolute Gasteiger partial charge is 0.480 e. The third kappa shape index (κ3) is 2.34. The lowest BCUT2D eigenvalue weighted by Crippen LogP contribution is -2.28. The lowest BCUT2D eigenvalue weighted by Gasteiger charge is -2.04. The van der Waals surface area contributed by atoms with Crippen LogP contribution in [0.2, 0.25) is 0 Å². The average molecular weight is 166 g/mol. The summed E-state index contributed by atoms with van der Waals surface area (Å²) in [6, 6.07) is 0. The van der Waals surface area contributed by atoms with E-state index in [2.05, 4.69) is 0 Å². The summed E-state index contributed by atoms with van der Waals surface area (Å²) >= 11 is 0. The first-order chi connectivity index (χ1) is 4.39. The van der Waals surface area contributed by atoms with Gasteiger partial charge in [0.05, 0.1) is 0 Å². The number of rotatable bonds is 3. The van der Waals surface area contributed by atoms with E-state index < -0.39 is 21.1 Å². The fourth-order valence-corrected chi connectivity index (χ4v) is 1.63.